The van der Waals surface area contributed by atoms with E-state index in [1.165, 1.54) is 6.07 Å². The highest BCUT2D eigenvalue weighted by atomic mass is 35.5. The summed E-state index contributed by atoms with van der Waals surface area (Å²) in [5.41, 5.74) is 0.514. The fraction of sp³-hybridized carbons (Fsp3) is 0.273. The predicted molar refractivity (Wildman–Crippen MR) is 64.3 cm³/mol. The maximum absolute atomic E-state index is 11.6. The fourth-order valence-corrected chi connectivity index (χ4v) is 1.86. The number of benzene rings is 1. The van der Waals surface area contributed by atoms with Gasteiger partial charge in [0, 0.05) is 5.69 Å². The van der Waals surface area contributed by atoms with Gasteiger partial charge in [-0.3, -0.25) is 9.59 Å². The summed E-state index contributed by atoms with van der Waals surface area (Å²) in [4.78, 5) is 22.2. The minimum absolute atomic E-state index is 0.296. The highest BCUT2D eigenvalue weighted by molar-refractivity contribution is 6.42. The third kappa shape index (κ3) is 2.70. The molecule has 0 heterocycles. The van der Waals surface area contributed by atoms with Crippen LogP contribution in [0.15, 0.2) is 18.2 Å². The highest BCUT2D eigenvalue weighted by Gasteiger charge is 2.48. The van der Waals surface area contributed by atoms with Crippen LogP contribution in [0.1, 0.15) is 6.42 Å². The van der Waals surface area contributed by atoms with E-state index in [2.05, 4.69) is 5.32 Å². The summed E-state index contributed by atoms with van der Waals surface area (Å²) in [6.07, 6.45) is 0.391. The first kappa shape index (κ1) is 12.2. The Bertz CT molecular complexity index is 490. The van der Waals surface area contributed by atoms with E-state index in [9.17, 15) is 9.59 Å². The van der Waals surface area contributed by atoms with Gasteiger partial charge in [0.25, 0.3) is 0 Å². The van der Waals surface area contributed by atoms with Crippen molar-refractivity contribution in [3.05, 3.63) is 28.2 Å². The number of anilines is 1. The van der Waals surface area contributed by atoms with Gasteiger partial charge in [0.2, 0.25) is 5.91 Å². The summed E-state index contributed by atoms with van der Waals surface area (Å²) in [6.45, 7) is 0. The van der Waals surface area contributed by atoms with Gasteiger partial charge >= 0.3 is 5.97 Å². The Balaban J connectivity index is 2.00. The lowest BCUT2D eigenvalue weighted by Crippen LogP contribution is -2.16. The van der Waals surface area contributed by atoms with Crippen LogP contribution in [0.4, 0.5) is 5.69 Å². The first-order chi connectivity index (χ1) is 7.99. The zero-order chi connectivity index (χ0) is 12.6. The molecule has 1 fully saturated rings. The average Bonchev–Trinajstić information content (AvgIpc) is 3.03. The first-order valence-electron chi connectivity index (χ1n) is 4.98. The van der Waals surface area contributed by atoms with Crippen LogP contribution in [0.3, 0.4) is 0 Å². The van der Waals surface area contributed by atoms with E-state index in [0.29, 0.717) is 22.2 Å². The van der Waals surface area contributed by atoms with Crippen molar-refractivity contribution in [3.63, 3.8) is 0 Å². The Morgan fingerprint density at radius 2 is 1.94 bits per heavy atom. The van der Waals surface area contributed by atoms with E-state index in [-0.39, 0.29) is 5.91 Å². The van der Waals surface area contributed by atoms with Gasteiger partial charge in [-0.1, -0.05) is 23.2 Å². The number of halogens is 2. The maximum atomic E-state index is 11.6. The molecule has 0 unspecified atom stereocenters. The van der Waals surface area contributed by atoms with E-state index < -0.39 is 17.8 Å². The van der Waals surface area contributed by atoms with Gasteiger partial charge in [-0.15, -0.1) is 0 Å². The van der Waals surface area contributed by atoms with Crippen LogP contribution < -0.4 is 5.32 Å². The number of carbonyl (C=O) groups excluding carboxylic acids is 1. The molecule has 0 radical (unpaired) electrons. The molecule has 90 valence electrons. The van der Waals surface area contributed by atoms with Crippen LogP contribution >= 0.6 is 23.2 Å². The van der Waals surface area contributed by atoms with Crippen molar-refractivity contribution >= 4 is 40.8 Å². The molecule has 0 aromatic heterocycles. The van der Waals surface area contributed by atoms with Crippen LogP contribution in [0.5, 0.6) is 0 Å². The number of nitrogens with one attached hydrogen (secondary N) is 1. The topological polar surface area (TPSA) is 66.4 Å². The van der Waals surface area contributed by atoms with Gasteiger partial charge in [-0.05, 0) is 24.6 Å². The monoisotopic (exact) mass is 273 g/mol. The average molecular weight is 274 g/mol. The van der Waals surface area contributed by atoms with Crippen molar-refractivity contribution in [2.45, 2.75) is 6.42 Å². The standard InChI is InChI=1S/C11H9Cl2NO3/c12-8-2-1-5(3-9(8)13)14-10(15)6-4-7(6)11(16)17/h1-3,6-7H,4H2,(H,14,15)(H,16,17)/t6-,7+/m1/s1. The molecular formula is C11H9Cl2NO3. The van der Waals surface area contributed by atoms with Crippen molar-refractivity contribution in [2.24, 2.45) is 11.8 Å². The van der Waals surface area contributed by atoms with Crippen molar-refractivity contribution in [3.8, 4) is 0 Å². The van der Waals surface area contributed by atoms with Gasteiger partial charge in [-0.2, -0.15) is 0 Å². The van der Waals surface area contributed by atoms with Gasteiger partial charge in [0.15, 0.2) is 0 Å². The first-order valence-corrected chi connectivity index (χ1v) is 5.73. The van der Waals surface area contributed by atoms with Crippen molar-refractivity contribution in [1.82, 2.24) is 0 Å². The Labute approximate surface area is 108 Å². The molecule has 2 atom stereocenters. The number of carboxylic acids is 1. The minimum Gasteiger partial charge on any atom is -0.481 e. The lowest BCUT2D eigenvalue weighted by atomic mass is 10.2. The Kier molecular flexibility index (Phi) is 3.26. The van der Waals surface area contributed by atoms with Crippen LogP contribution in [0.25, 0.3) is 0 Å². The van der Waals surface area contributed by atoms with Gasteiger partial charge in [0.05, 0.1) is 21.9 Å². The molecule has 0 saturated heterocycles. The lowest BCUT2D eigenvalue weighted by Gasteiger charge is -2.05. The molecule has 1 aliphatic rings. The molecule has 1 saturated carbocycles. The molecule has 17 heavy (non-hydrogen) atoms. The number of rotatable bonds is 3. The molecule has 1 aliphatic carbocycles. The zero-order valence-electron chi connectivity index (χ0n) is 8.61. The van der Waals surface area contributed by atoms with E-state index in [1.54, 1.807) is 12.1 Å². The molecular weight excluding hydrogens is 265 g/mol. The van der Waals surface area contributed by atoms with Crippen LogP contribution in [0, 0.1) is 11.8 Å². The normalized spacial score (nSPS) is 22.0. The van der Waals surface area contributed by atoms with Crippen LogP contribution in [-0.4, -0.2) is 17.0 Å². The lowest BCUT2D eigenvalue weighted by molar-refractivity contribution is -0.139. The Morgan fingerprint density at radius 3 is 2.47 bits per heavy atom. The molecule has 2 N–H and O–H groups in total. The number of hydrogen-bond acceptors (Lipinski definition) is 2. The van der Waals surface area contributed by atoms with Crippen molar-refractivity contribution < 1.29 is 14.7 Å². The predicted octanol–water partition coefficient (Wildman–Crippen LogP) is 2.65. The molecule has 2 rings (SSSR count). The third-order valence-electron chi connectivity index (χ3n) is 2.63. The smallest absolute Gasteiger partial charge is 0.307 e. The quantitative estimate of drug-likeness (QED) is 0.890. The van der Waals surface area contributed by atoms with E-state index in [1.807, 2.05) is 0 Å². The number of hydrogen-bond donors (Lipinski definition) is 2. The highest BCUT2D eigenvalue weighted by Crippen LogP contribution is 2.39. The minimum atomic E-state index is -0.931. The largest absolute Gasteiger partial charge is 0.481 e. The number of amides is 1. The fourth-order valence-electron chi connectivity index (χ4n) is 1.57. The second-order valence-corrected chi connectivity index (χ2v) is 4.72. The van der Waals surface area contributed by atoms with Crippen molar-refractivity contribution in [1.29, 1.82) is 0 Å². The molecule has 0 aliphatic heterocycles. The van der Waals surface area contributed by atoms with Crippen LogP contribution in [0.2, 0.25) is 10.0 Å². The van der Waals surface area contributed by atoms with E-state index in [4.69, 9.17) is 28.3 Å². The Hall–Kier alpha value is -1.26. The zero-order valence-corrected chi connectivity index (χ0v) is 10.1. The molecule has 1 aromatic rings. The SMILES string of the molecule is O=C(O)[C@H]1C[C@H]1C(=O)Nc1ccc(Cl)c(Cl)c1. The Morgan fingerprint density at radius 1 is 1.24 bits per heavy atom. The van der Waals surface area contributed by atoms with E-state index >= 15 is 0 Å². The van der Waals surface area contributed by atoms with Crippen LogP contribution in [-0.2, 0) is 9.59 Å². The number of carbonyl (C=O) groups is 2. The summed E-state index contributed by atoms with van der Waals surface area (Å²) >= 11 is 11.5. The molecule has 0 spiro atoms. The van der Waals surface area contributed by atoms with Gasteiger partial charge < -0.3 is 10.4 Å². The molecule has 1 aromatic carbocycles. The summed E-state index contributed by atoms with van der Waals surface area (Å²) < 4.78 is 0. The molecule has 6 heteroatoms. The third-order valence-corrected chi connectivity index (χ3v) is 3.37. The molecule has 1 amide bonds. The maximum Gasteiger partial charge on any atom is 0.307 e. The molecule has 4 nitrogen and oxygen atoms in total. The molecule has 0 bridgehead atoms. The summed E-state index contributed by atoms with van der Waals surface area (Å²) in [5.74, 6) is -2.23. The number of carboxylic acid groups (broad SMARTS) is 1. The summed E-state index contributed by atoms with van der Waals surface area (Å²) in [6, 6.07) is 4.71. The number of aliphatic carboxylic acids is 1. The second-order valence-electron chi connectivity index (χ2n) is 3.91. The summed E-state index contributed by atoms with van der Waals surface area (Å²) in [5, 5.41) is 12.1. The van der Waals surface area contributed by atoms with E-state index in [0.717, 1.165) is 0 Å². The second kappa shape index (κ2) is 4.55. The van der Waals surface area contributed by atoms with Gasteiger partial charge in [0.1, 0.15) is 0 Å². The van der Waals surface area contributed by atoms with Crippen molar-refractivity contribution in [2.75, 3.05) is 5.32 Å². The van der Waals surface area contributed by atoms with Gasteiger partial charge in [-0.25, -0.2) is 0 Å². The summed E-state index contributed by atoms with van der Waals surface area (Å²) in [7, 11) is 0.